The summed E-state index contributed by atoms with van der Waals surface area (Å²) in [5, 5.41) is 57.7. The van der Waals surface area contributed by atoms with Crippen LogP contribution < -0.4 is 0 Å². The van der Waals surface area contributed by atoms with Gasteiger partial charge in [0.25, 0.3) is 5.09 Å². The van der Waals surface area contributed by atoms with Crippen LogP contribution in [-0.2, 0) is 38.1 Å². The molecule has 4 N–H and O–H groups in total. The second-order valence-electron chi connectivity index (χ2n) is 17.5. The molecule has 3 rings (SSSR count). The van der Waals surface area contributed by atoms with E-state index in [1.165, 1.54) is 14.0 Å². The Bertz CT molecular complexity index is 1260. The molecule has 0 spiro atoms. The van der Waals surface area contributed by atoms with Gasteiger partial charge in [-0.2, -0.15) is 0 Å². The lowest BCUT2D eigenvalue weighted by molar-refractivity contribution is -0.775. The first-order valence-corrected chi connectivity index (χ1v) is 19.7. The highest BCUT2D eigenvalue weighted by Crippen LogP contribution is 2.40. The minimum atomic E-state index is -1.84. The molecule has 0 bridgehead atoms. The summed E-state index contributed by atoms with van der Waals surface area (Å²) in [4.78, 5) is 35.0. The van der Waals surface area contributed by atoms with E-state index in [9.17, 15) is 35.3 Å². The largest absolute Gasteiger partial charge is 0.459 e. The Morgan fingerprint density at radius 3 is 2.15 bits per heavy atom. The molecule has 322 valence electrons. The van der Waals surface area contributed by atoms with Crippen molar-refractivity contribution in [2.45, 2.75) is 185 Å². The summed E-state index contributed by atoms with van der Waals surface area (Å²) in [5.74, 6) is -2.93. The van der Waals surface area contributed by atoms with Crippen molar-refractivity contribution in [1.29, 1.82) is 0 Å². The number of ether oxygens (including phenoxy) is 6. The topological polar surface area (TPSA) is 212 Å². The fraction of sp³-hybridized carbons (Fsp3) is 0.974. The number of cyclic esters (lactones) is 1. The van der Waals surface area contributed by atoms with E-state index in [-0.39, 0.29) is 25.2 Å². The van der Waals surface area contributed by atoms with E-state index in [1.807, 2.05) is 18.7 Å². The van der Waals surface area contributed by atoms with Crippen molar-refractivity contribution in [3.8, 4) is 0 Å². The molecule has 17 heteroatoms. The Kier molecular flexibility index (Phi) is 16.3. The molecule has 0 saturated carbocycles. The van der Waals surface area contributed by atoms with E-state index >= 15 is 0 Å². The molecular weight excluding hydrogens is 722 g/mol. The quantitative estimate of drug-likeness (QED) is 0.150. The van der Waals surface area contributed by atoms with Crippen LogP contribution in [0.4, 0.5) is 0 Å². The highest BCUT2D eigenvalue weighted by Gasteiger charge is 2.53. The number of rotatable bonds is 9. The van der Waals surface area contributed by atoms with Gasteiger partial charge in [0.1, 0.15) is 23.9 Å². The number of nitrogens with zero attached hydrogens (tertiary/aromatic N) is 3. The van der Waals surface area contributed by atoms with Gasteiger partial charge in [-0.05, 0) is 94.8 Å². The van der Waals surface area contributed by atoms with Gasteiger partial charge in [0, 0.05) is 38.1 Å². The van der Waals surface area contributed by atoms with Crippen LogP contribution in [0.25, 0.3) is 0 Å². The molecule has 0 aromatic heterocycles. The Hall–Kier alpha value is -1.77. The molecule has 0 radical (unpaired) electrons. The molecular formula is C38H71N3O14. The molecule has 0 aromatic carbocycles. The molecule has 3 fully saturated rings. The van der Waals surface area contributed by atoms with Gasteiger partial charge in [0.05, 0.1) is 41.5 Å². The summed E-state index contributed by atoms with van der Waals surface area (Å²) in [6.45, 7) is 17.5. The number of methoxy groups -OCH3 is 1. The van der Waals surface area contributed by atoms with Crippen molar-refractivity contribution in [2.24, 2.45) is 17.8 Å². The maximum absolute atomic E-state index is 14.3. The monoisotopic (exact) mass is 793 g/mol. The average Bonchev–Trinajstić information content (AvgIpc) is 3.08. The Morgan fingerprint density at radius 1 is 0.982 bits per heavy atom. The number of hydrogen-bond donors (Lipinski definition) is 4. The normalized spacial score (nSPS) is 47.4. The van der Waals surface area contributed by atoms with Crippen molar-refractivity contribution in [3.63, 3.8) is 0 Å². The fourth-order valence-electron chi connectivity index (χ4n) is 8.93. The maximum atomic E-state index is 14.3. The van der Waals surface area contributed by atoms with E-state index in [2.05, 4.69) is 0 Å². The van der Waals surface area contributed by atoms with Crippen LogP contribution in [0.15, 0.2) is 0 Å². The summed E-state index contributed by atoms with van der Waals surface area (Å²) >= 11 is 0. The standard InChI is InChI=1S/C38H71N3O14/c1-15-27-38(10,46)31(42)24(6)40(13)19-20(2)17-36(8,45)33(54-35-30(55-41(47)48)26(39(11)12)16-21(3)50-35)22(4)29(23(5)34(44)52-27)53-28-18-37(9,49-14)32(43)25(7)51-28/h20-33,35,42-43,45-46H,15-19H2,1-14H3/t20-,21-,22+,23-,24-,25+,26+,27-,28+,29+,30-,31-,32+,33-,35+,36-,37-,38-/m1/s1. The van der Waals surface area contributed by atoms with Crippen molar-refractivity contribution in [1.82, 2.24) is 9.80 Å². The van der Waals surface area contributed by atoms with E-state index in [4.69, 9.17) is 33.3 Å². The number of likely N-dealkylation sites (N-methyl/N-ethyl adjacent to an activating group) is 2. The lowest BCUT2D eigenvalue weighted by Crippen LogP contribution is -2.61. The summed E-state index contributed by atoms with van der Waals surface area (Å²) < 4.78 is 37.5. The Morgan fingerprint density at radius 2 is 1.60 bits per heavy atom. The lowest BCUT2D eigenvalue weighted by atomic mass is 9.77. The van der Waals surface area contributed by atoms with Crippen molar-refractivity contribution < 1.29 is 63.6 Å². The van der Waals surface area contributed by atoms with Crippen LogP contribution in [0.3, 0.4) is 0 Å². The highest BCUT2D eigenvalue weighted by molar-refractivity contribution is 5.73. The van der Waals surface area contributed by atoms with Crippen LogP contribution in [0.2, 0.25) is 0 Å². The van der Waals surface area contributed by atoms with Crippen molar-refractivity contribution in [2.75, 3.05) is 34.8 Å². The van der Waals surface area contributed by atoms with Crippen LogP contribution >= 0.6 is 0 Å². The number of carbonyl (C=O) groups excluding carboxylic acids is 1. The molecule has 18 atom stereocenters. The summed E-state index contributed by atoms with van der Waals surface area (Å²) in [6, 6.07) is -1.08. The van der Waals surface area contributed by atoms with Crippen LogP contribution in [0.1, 0.15) is 94.9 Å². The minimum Gasteiger partial charge on any atom is -0.459 e. The number of hydrogen-bond acceptors (Lipinski definition) is 16. The van der Waals surface area contributed by atoms with Gasteiger partial charge in [0.2, 0.25) is 0 Å². The van der Waals surface area contributed by atoms with Gasteiger partial charge >= 0.3 is 5.97 Å². The van der Waals surface area contributed by atoms with Gasteiger partial charge in [0.15, 0.2) is 18.7 Å². The Balaban J connectivity index is 2.23. The highest BCUT2D eigenvalue weighted by atomic mass is 17.0. The van der Waals surface area contributed by atoms with Gasteiger partial charge in [-0.25, -0.2) is 0 Å². The predicted molar refractivity (Wildman–Crippen MR) is 200 cm³/mol. The number of aliphatic hydroxyl groups is 4. The first-order chi connectivity index (χ1) is 25.3. The van der Waals surface area contributed by atoms with E-state index in [0.29, 0.717) is 13.0 Å². The number of carbonyl (C=O) groups is 1. The summed E-state index contributed by atoms with van der Waals surface area (Å²) in [7, 11) is 6.84. The third-order valence-corrected chi connectivity index (χ3v) is 12.4. The average molecular weight is 794 g/mol. The zero-order valence-electron chi connectivity index (χ0n) is 35.4. The lowest BCUT2D eigenvalue weighted by Gasteiger charge is -2.49. The molecule has 3 saturated heterocycles. The van der Waals surface area contributed by atoms with Gasteiger partial charge in [-0.1, -0.05) is 20.8 Å². The Labute approximate surface area is 326 Å². The minimum absolute atomic E-state index is 0.0776. The molecule has 17 nitrogen and oxygen atoms in total. The summed E-state index contributed by atoms with van der Waals surface area (Å²) in [5.41, 5.74) is -4.60. The van der Waals surface area contributed by atoms with Gasteiger partial charge in [-0.3, -0.25) is 4.79 Å². The first kappa shape index (κ1) is 47.6. The molecule has 0 aromatic rings. The number of esters is 1. The third-order valence-electron chi connectivity index (χ3n) is 12.4. The van der Waals surface area contributed by atoms with Gasteiger partial charge in [-0.15, -0.1) is 10.1 Å². The predicted octanol–water partition coefficient (Wildman–Crippen LogP) is 2.12. The molecule has 0 amide bonds. The van der Waals surface area contributed by atoms with Crippen molar-refractivity contribution in [3.05, 3.63) is 10.1 Å². The smallest absolute Gasteiger partial charge is 0.311 e. The van der Waals surface area contributed by atoms with Crippen LogP contribution in [0.5, 0.6) is 0 Å². The molecule has 0 unspecified atom stereocenters. The third kappa shape index (κ3) is 11.0. The zero-order valence-corrected chi connectivity index (χ0v) is 35.4. The van der Waals surface area contributed by atoms with Crippen molar-refractivity contribution >= 4 is 5.97 Å². The van der Waals surface area contributed by atoms with Crippen LogP contribution in [0, 0.1) is 27.9 Å². The zero-order chi connectivity index (χ0) is 42.0. The van der Waals surface area contributed by atoms with E-state index in [0.717, 1.165) is 0 Å². The molecule has 3 aliphatic rings. The molecule has 55 heavy (non-hydrogen) atoms. The summed E-state index contributed by atoms with van der Waals surface area (Å²) in [6.07, 6.45) is -9.58. The van der Waals surface area contributed by atoms with E-state index < -0.39 is 113 Å². The molecule has 3 heterocycles. The van der Waals surface area contributed by atoms with Crippen LogP contribution in [-0.4, -0.2) is 166 Å². The maximum Gasteiger partial charge on any atom is 0.311 e. The van der Waals surface area contributed by atoms with E-state index in [1.54, 1.807) is 74.5 Å². The second-order valence-corrected chi connectivity index (χ2v) is 17.5. The molecule has 3 aliphatic heterocycles. The molecule has 0 aliphatic carbocycles. The SMILES string of the molecule is CC[C@H]1OC(=O)[C@H](C)[C@@H](O[C@H]2C[C@@](C)(OC)[C@@H](O)[C@H](C)O2)[C@H](C)[C@@H](O[C@@H]2O[C@H](C)C[C@H](N(C)C)[C@H]2O[N+](=O)[O-])[C@](C)(O)C[C@@H](C)CN(C)[C@H](C)[C@@H](O)[C@]1(C)O. The first-order valence-electron chi connectivity index (χ1n) is 19.7. The number of aliphatic hydroxyl groups excluding tert-OH is 2. The fourth-order valence-corrected chi connectivity index (χ4v) is 8.93. The second kappa shape index (κ2) is 18.9. The van der Waals surface area contributed by atoms with Gasteiger partial charge < -0.3 is 63.5 Å².